The van der Waals surface area contributed by atoms with Gasteiger partial charge in [0.05, 0.1) is 41.5 Å². The van der Waals surface area contributed by atoms with E-state index in [1.807, 2.05) is 95.6 Å². The van der Waals surface area contributed by atoms with Crippen molar-refractivity contribution in [3.63, 3.8) is 0 Å². The second kappa shape index (κ2) is 13.4. The summed E-state index contributed by atoms with van der Waals surface area (Å²) in [4.78, 5) is 10.1. The summed E-state index contributed by atoms with van der Waals surface area (Å²) in [5.74, 6) is 0.0563. The lowest BCUT2D eigenvalue weighted by molar-refractivity contribution is 1.18. The van der Waals surface area contributed by atoms with E-state index in [0.29, 0.717) is 11.2 Å². The van der Waals surface area contributed by atoms with Gasteiger partial charge in [-0.3, -0.25) is 0 Å². The first-order valence-electron chi connectivity index (χ1n) is 24.4. The largest absolute Gasteiger partial charge is 0.309 e. The van der Waals surface area contributed by atoms with Crippen molar-refractivity contribution in [1.29, 1.82) is 0 Å². The van der Waals surface area contributed by atoms with Gasteiger partial charge in [-0.1, -0.05) is 146 Å². The third-order valence-electron chi connectivity index (χ3n) is 12.9. The lowest BCUT2D eigenvalue weighted by Gasteiger charge is -2.13. The van der Waals surface area contributed by atoms with E-state index in [-0.39, 0.29) is 64.1 Å². The minimum absolute atomic E-state index is 0.0338. The molecule has 0 fully saturated rings. The van der Waals surface area contributed by atoms with Crippen LogP contribution >= 0.6 is 0 Å². The van der Waals surface area contributed by atoms with Crippen molar-refractivity contribution in [2.24, 2.45) is 0 Å². The molecule has 0 saturated carbocycles. The first-order valence-corrected chi connectivity index (χ1v) is 21.4. The Balaban J connectivity index is 1.00. The van der Waals surface area contributed by atoms with Gasteiger partial charge in [0.2, 0.25) is 0 Å². The van der Waals surface area contributed by atoms with Crippen LogP contribution in [-0.4, -0.2) is 19.1 Å². The molecule has 4 heteroatoms. The zero-order valence-corrected chi connectivity index (χ0v) is 34.1. The Kier molecular flexibility index (Phi) is 6.22. The maximum absolute atomic E-state index is 9.87. The maximum atomic E-state index is 9.87. The summed E-state index contributed by atoms with van der Waals surface area (Å²) in [6, 6.07) is 59.7. The van der Waals surface area contributed by atoms with Crippen LogP contribution in [-0.2, 0) is 0 Å². The number of benzene rings is 11. The molecule has 0 N–H and O–H groups in total. The monoisotopic (exact) mass is 818 g/mol. The molecule has 64 heavy (non-hydrogen) atoms. The van der Waals surface area contributed by atoms with Crippen molar-refractivity contribution < 1.29 is 8.22 Å². The molecule has 296 valence electrons. The fourth-order valence-electron chi connectivity index (χ4n) is 10.0. The van der Waals surface area contributed by atoms with E-state index in [0.717, 1.165) is 92.6 Å². The molecule has 14 aromatic rings. The van der Waals surface area contributed by atoms with Gasteiger partial charge in [0.15, 0.2) is 5.82 Å². The van der Waals surface area contributed by atoms with E-state index < -0.39 is 0 Å². The standard InChI is InChI=1S/C60H36N4/c1-2-15-45(16-3-1)63-53-21-11-9-19-49(53)58-50-35-43(24-22-38(50)28-31-55(58)63)59-48-18-8-10-20-52(48)61-60(62-59)44-25-23-42-33-46(29-26-41(42)32-44)64-54-30-27-37-12-6-7-17-47(37)57(54)51-34-39-13-4-5-14-40(39)36-56(51)64/h1-36H/i23D,25D,26D,29D,32D,33D. The first kappa shape index (κ1) is 29.6. The van der Waals surface area contributed by atoms with E-state index >= 15 is 0 Å². The third kappa shape index (κ3) is 5.17. The van der Waals surface area contributed by atoms with Crippen LogP contribution < -0.4 is 0 Å². The molecule has 0 aliphatic carbocycles. The molecule has 0 aliphatic heterocycles. The number of hydrogen-bond acceptors (Lipinski definition) is 2. The lowest BCUT2D eigenvalue weighted by atomic mass is 9.98. The normalized spacial score (nSPS) is 13.4. The lowest BCUT2D eigenvalue weighted by Crippen LogP contribution is -1.96. The molecule has 3 heterocycles. The van der Waals surface area contributed by atoms with Crippen LogP contribution in [0.25, 0.3) is 132 Å². The number of aromatic nitrogens is 4. The topological polar surface area (TPSA) is 35.6 Å². The third-order valence-corrected chi connectivity index (χ3v) is 12.9. The van der Waals surface area contributed by atoms with Gasteiger partial charge >= 0.3 is 0 Å². The van der Waals surface area contributed by atoms with Gasteiger partial charge in [-0.25, -0.2) is 9.97 Å². The number of nitrogens with zero attached hydrogens (tertiary/aromatic N) is 4. The van der Waals surface area contributed by atoms with Gasteiger partial charge < -0.3 is 9.13 Å². The Morgan fingerprint density at radius 2 is 0.969 bits per heavy atom. The van der Waals surface area contributed by atoms with E-state index in [4.69, 9.17) is 9.97 Å². The fraction of sp³-hybridized carbons (Fsp3) is 0. The molecule has 14 rings (SSSR count). The Morgan fingerprint density at radius 1 is 0.344 bits per heavy atom. The van der Waals surface area contributed by atoms with Crippen LogP contribution in [0.3, 0.4) is 0 Å². The highest BCUT2D eigenvalue weighted by molar-refractivity contribution is 6.24. The smallest absolute Gasteiger partial charge is 0.160 e. The highest BCUT2D eigenvalue weighted by Crippen LogP contribution is 2.41. The molecule has 0 spiro atoms. The summed E-state index contributed by atoms with van der Waals surface area (Å²) < 4.78 is 62.4. The molecular formula is C60H36N4. The summed E-state index contributed by atoms with van der Waals surface area (Å²) in [7, 11) is 0. The zero-order chi connectivity index (χ0) is 47.1. The average Bonchev–Trinajstić information content (AvgIpc) is 3.91. The van der Waals surface area contributed by atoms with E-state index in [9.17, 15) is 8.22 Å². The fourth-order valence-corrected chi connectivity index (χ4v) is 10.0. The van der Waals surface area contributed by atoms with E-state index in [2.05, 4.69) is 95.6 Å². The Bertz CT molecular complexity index is 4620. The van der Waals surface area contributed by atoms with Crippen molar-refractivity contribution >= 4 is 97.6 Å². The molecule has 0 amide bonds. The van der Waals surface area contributed by atoms with E-state index in [1.54, 1.807) is 0 Å². The number of para-hydroxylation sites is 3. The zero-order valence-electron chi connectivity index (χ0n) is 40.1. The van der Waals surface area contributed by atoms with Gasteiger partial charge in [-0.2, -0.15) is 0 Å². The first-order chi connectivity index (χ1) is 34.2. The molecular weight excluding hydrogens is 777 g/mol. The van der Waals surface area contributed by atoms with E-state index in [1.165, 1.54) is 0 Å². The molecule has 0 unspecified atom stereocenters. The van der Waals surface area contributed by atoms with Crippen molar-refractivity contribution in [2.75, 3.05) is 0 Å². The van der Waals surface area contributed by atoms with Crippen LogP contribution in [0.4, 0.5) is 0 Å². The summed E-state index contributed by atoms with van der Waals surface area (Å²) in [5.41, 5.74) is 6.79. The molecule has 3 aromatic heterocycles. The minimum Gasteiger partial charge on any atom is -0.309 e. The van der Waals surface area contributed by atoms with Crippen molar-refractivity contribution in [3.8, 4) is 34.0 Å². The minimum atomic E-state index is -0.335. The summed E-state index contributed by atoms with van der Waals surface area (Å²) >= 11 is 0. The molecule has 0 atom stereocenters. The Hall–Kier alpha value is -8.60. The second-order valence-electron chi connectivity index (χ2n) is 16.5. The van der Waals surface area contributed by atoms with Crippen LogP contribution in [0, 0.1) is 0 Å². The van der Waals surface area contributed by atoms with Crippen molar-refractivity contribution in [1.82, 2.24) is 19.1 Å². The van der Waals surface area contributed by atoms with Crippen LogP contribution in [0.15, 0.2) is 218 Å². The van der Waals surface area contributed by atoms with Gasteiger partial charge in [0, 0.05) is 49.4 Å². The quantitative estimate of drug-likeness (QED) is 0.177. The second-order valence-corrected chi connectivity index (χ2v) is 16.5. The Labute approximate surface area is 376 Å². The van der Waals surface area contributed by atoms with Gasteiger partial charge in [0.1, 0.15) is 0 Å². The highest BCUT2D eigenvalue weighted by Gasteiger charge is 2.19. The van der Waals surface area contributed by atoms with Crippen molar-refractivity contribution in [3.05, 3.63) is 218 Å². The predicted molar refractivity (Wildman–Crippen MR) is 269 cm³/mol. The molecule has 0 radical (unpaired) electrons. The maximum Gasteiger partial charge on any atom is 0.160 e. The number of fused-ring (bicyclic) bond motifs is 13. The molecule has 4 nitrogen and oxygen atoms in total. The van der Waals surface area contributed by atoms with Gasteiger partial charge in [-0.15, -0.1) is 0 Å². The highest BCUT2D eigenvalue weighted by atomic mass is 15.0. The SMILES string of the molecule is [2H]c1c(-n2c3cc4ccccc4cc3c3c4ccccc4ccc32)c([2H])c2c([2H])c([2H])c(-c3nc(-c4ccc5ccc6c(c5c4)c4ccccc4n6-c4ccccc4)c4ccccc4n3)c([2H])c2c1[2H]. The Morgan fingerprint density at radius 3 is 1.81 bits per heavy atom. The van der Waals surface area contributed by atoms with Crippen LogP contribution in [0.2, 0.25) is 0 Å². The molecule has 11 aromatic carbocycles. The average molecular weight is 819 g/mol. The summed E-state index contributed by atoms with van der Waals surface area (Å²) in [6.07, 6.45) is 0. The predicted octanol–water partition coefficient (Wildman–Crippen LogP) is 15.8. The number of rotatable bonds is 4. The van der Waals surface area contributed by atoms with Gasteiger partial charge in [0.25, 0.3) is 0 Å². The molecule has 0 saturated heterocycles. The molecule has 0 aliphatic rings. The van der Waals surface area contributed by atoms with Crippen LogP contribution in [0.1, 0.15) is 8.22 Å². The molecule has 0 bridgehead atoms. The summed E-state index contributed by atoms with van der Waals surface area (Å²) in [5, 5.41) is 10.9. The van der Waals surface area contributed by atoms with Crippen LogP contribution in [0.5, 0.6) is 0 Å². The summed E-state index contributed by atoms with van der Waals surface area (Å²) in [6.45, 7) is 0. The number of hydrogen-bond donors (Lipinski definition) is 0. The van der Waals surface area contributed by atoms with Crippen molar-refractivity contribution in [2.45, 2.75) is 0 Å². The van der Waals surface area contributed by atoms with Gasteiger partial charge in [-0.05, 0) is 116 Å².